The van der Waals surface area contributed by atoms with Gasteiger partial charge in [-0.25, -0.2) is 0 Å². The summed E-state index contributed by atoms with van der Waals surface area (Å²) in [6.07, 6.45) is 7.67. The first-order valence-corrected chi connectivity index (χ1v) is 8.48. The Kier molecular flexibility index (Phi) is 2.77. The second-order valence-electron chi connectivity index (χ2n) is 6.83. The Balaban J connectivity index is 1.64. The maximum absolute atomic E-state index is 3.64. The lowest BCUT2D eigenvalue weighted by Gasteiger charge is -2.56. The van der Waals surface area contributed by atoms with Crippen LogP contribution >= 0.6 is 11.3 Å². The normalized spacial score (nSPS) is 43.3. The van der Waals surface area contributed by atoms with Crippen molar-refractivity contribution >= 4 is 11.3 Å². The Morgan fingerprint density at radius 2 is 1.78 bits per heavy atom. The van der Waals surface area contributed by atoms with Crippen LogP contribution in [0.2, 0.25) is 0 Å². The topological polar surface area (TPSA) is 12.0 Å². The molecule has 4 saturated carbocycles. The van der Waals surface area contributed by atoms with E-state index < -0.39 is 0 Å². The lowest BCUT2D eigenvalue weighted by molar-refractivity contribution is -0.0514. The zero-order valence-corrected chi connectivity index (χ0v) is 12.0. The maximum atomic E-state index is 3.64. The van der Waals surface area contributed by atoms with Crippen molar-refractivity contribution in [1.82, 2.24) is 5.32 Å². The van der Waals surface area contributed by atoms with Crippen molar-refractivity contribution in [2.75, 3.05) is 7.05 Å². The van der Waals surface area contributed by atoms with Gasteiger partial charge in [-0.2, -0.15) is 11.3 Å². The van der Waals surface area contributed by atoms with E-state index in [-0.39, 0.29) is 0 Å². The van der Waals surface area contributed by atoms with Crippen molar-refractivity contribution in [3.05, 3.63) is 22.4 Å². The molecule has 1 unspecified atom stereocenters. The summed E-state index contributed by atoms with van der Waals surface area (Å²) in [6.45, 7) is 0. The van der Waals surface area contributed by atoms with Crippen molar-refractivity contribution in [3.63, 3.8) is 0 Å². The molecule has 1 N–H and O–H groups in total. The molecule has 1 heterocycles. The molecule has 1 aromatic heterocycles. The van der Waals surface area contributed by atoms with Crippen LogP contribution in [0.5, 0.6) is 0 Å². The molecule has 4 aliphatic carbocycles. The smallest absolute Gasteiger partial charge is 0.0359 e. The average molecular weight is 261 g/mol. The van der Waals surface area contributed by atoms with Crippen molar-refractivity contribution < 1.29 is 0 Å². The van der Waals surface area contributed by atoms with Gasteiger partial charge in [-0.15, -0.1) is 0 Å². The lowest BCUT2D eigenvalue weighted by Crippen LogP contribution is -2.49. The van der Waals surface area contributed by atoms with Crippen molar-refractivity contribution in [2.24, 2.45) is 29.6 Å². The van der Waals surface area contributed by atoms with E-state index in [0.717, 1.165) is 29.6 Å². The maximum Gasteiger partial charge on any atom is 0.0359 e. The van der Waals surface area contributed by atoms with Crippen molar-refractivity contribution in [1.29, 1.82) is 0 Å². The fraction of sp³-hybridized carbons (Fsp3) is 0.750. The van der Waals surface area contributed by atoms with Gasteiger partial charge in [0.15, 0.2) is 0 Å². The van der Waals surface area contributed by atoms with Gasteiger partial charge in [0.25, 0.3) is 0 Å². The summed E-state index contributed by atoms with van der Waals surface area (Å²) < 4.78 is 0. The van der Waals surface area contributed by atoms with Gasteiger partial charge < -0.3 is 5.32 Å². The minimum atomic E-state index is 0.617. The van der Waals surface area contributed by atoms with Crippen LogP contribution in [0.25, 0.3) is 0 Å². The van der Waals surface area contributed by atoms with E-state index in [1.165, 1.54) is 25.7 Å². The van der Waals surface area contributed by atoms with E-state index in [4.69, 9.17) is 0 Å². The highest BCUT2D eigenvalue weighted by molar-refractivity contribution is 7.07. The third-order valence-electron chi connectivity index (χ3n) is 5.90. The van der Waals surface area contributed by atoms with E-state index >= 15 is 0 Å². The summed E-state index contributed by atoms with van der Waals surface area (Å²) in [6, 6.07) is 2.95. The summed E-state index contributed by atoms with van der Waals surface area (Å²) in [5.74, 6) is 5.11. The number of nitrogens with one attached hydrogen (secondary N) is 1. The van der Waals surface area contributed by atoms with E-state index in [2.05, 4.69) is 29.2 Å². The molecule has 1 aromatic rings. The summed E-state index contributed by atoms with van der Waals surface area (Å²) in [7, 11) is 2.16. The number of thiophene rings is 1. The van der Waals surface area contributed by atoms with Crippen molar-refractivity contribution in [2.45, 2.75) is 38.1 Å². The van der Waals surface area contributed by atoms with Crippen LogP contribution in [-0.4, -0.2) is 7.05 Å². The second kappa shape index (κ2) is 4.35. The van der Waals surface area contributed by atoms with Gasteiger partial charge in [-0.05, 0) is 91.1 Å². The molecule has 0 spiro atoms. The largest absolute Gasteiger partial charge is 0.313 e. The predicted molar refractivity (Wildman–Crippen MR) is 76.7 cm³/mol. The lowest BCUT2D eigenvalue weighted by atomic mass is 9.50. The molecule has 2 heteroatoms. The molecule has 0 amide bonds. The Bertz CT molecular complexity index is 383. The molecule has 5 rings (SSSR count). The highest BCUT2D eigenvalue weighted by Crippen LogP contribution is 2.59. The van der Waals surface area contributed by atoms with E-state index in [0.29, 0.717) is 6.04 Å². The van der Waals surface area contributed by atoms with Crippen LogP contribution in [0, 0.1) is 29.6 Å². The van der Waals surface area contributed by atoms with Crippen LogP contribution in [0.15, 0.2) is 16.8 Å². The molecule has 1 atom stereocenters. The van der Waals surface area contributed by atoms with Gasteiger partial charge in [0.05, 0.1) is 0 Å². The highest BCUT2D eigenvalue weighted by Gasteiger charge is 2.50. The molecule has 4 fully saturated rings. The number of hydrogen-bond acceptors (Lipinski definition) is 2. The fourth-order valence-electron chi connectivity index (χ4n) is 5.54. The molecule has 18 heavy (non-hydrogen) atoms. The minimum Gasteiger partial charge on any atom is -0.313 e. The first kappa shape index (κ1) is 11.5. The zero-order chi connectivity index (χ0) is 12.1. The Hall–Kier alpha value is -0.340. The first-order valence-electron chi connectivity index (χ1n) is 7.54. The van der Waals surface area contributed by atoms with Gasteiger partial charge in [-0.1, -0.05) is 0 Å². The van der Waals surface area contributed by atoms with Gasteiger partial charge in [0.1, 0.15) is 0 Å². The molecule has 0 radical (unpaired) electrons. The third-order valence-corrected chi connectivity index (χ3v) is 6.60. The first-order chi connectivity index (χ1) is 8.85. The van der Waals surface area contributed by atoms with Crippen molar-refractivity contribution in [3.8, 4) is 0 Å². The minimum absolute atomic E-state index is 0.617. The fourth-order valence-corrected chi connectivity index (χ4v) is 6.24. The molecule has 98 valence electrons. The molecule has 0 saturated heterocycles. The second-order valence-corrected chi connectivity index (χ2v) is 7.61. The Morgan fingerprint density at radius 1 is 1.11 bits per heavy atom. The van der Waals surface area contributed by atoms with E-state index in [9.17, 15) is 0 Å². The summed E-state index contributed by atoms with van der Waals surface area (Å²) in [5, 5.41) is 8.22. The quantitative estimate of drug-likeness (QED) is 0.864. The molecule has 0 aliphatic heterocycles. The number of hydrogen-bond donors (Lipinski definition) is 1. The highest BCUT2D eigenvalue weighted by atomic mass is 32.1. The third kappa shape index (κ3) is 1.69. The van der Waals surface area contributed by atoms with Crippen LogP contribution in [-0.2, 0) is 0 Å². The standard InChI is InChI=1S/C16H23NS/c1-17-16(12-2-3-18-9-12)15-13-5-10-4-11(7-13)8-14(15)6-10/h2-3,9-11,13-17H,4-8H2,1H3. The average Bonchev–Trinajstić information content (AvgIpc) is 2.86. The van der Waals surface area contributed by atoms with Crippen LogP contribution in [0.3, 0.4) is 0 Å². The van der Waals surface area contributed by atoms with Gasteiger partial charge in [0, 0.05) is 6.04 Å². The zero-order valence-electron chi connectivity index (χ0n) is 11.1. The van der Waals surface area contributed by atoms with Crippen LogP contribution < -0.4 is 5.32 Å². The SMILES string of the molecule is CNC(c1ccsc1)C1C2CC3CC(C2)CC1C3. The summed E-state index contributed by atoms with van der Waals surface area (Å²) in [5.41, 5.74) is 1.54. The van der Waals surface area contributed by atoms with E-state index in [1.807, 2.05) is 11.3 Å². The summed E-state index contributed by atoms with van der Waals surface area (Å²) in [4.78, 5) is 0. The molecular weight excluding hydrogens is 238 g/mol. The number of rotatable bonds is 3. The predicted octanol–water partition coefficient (Wildman–Crippen LogP) is 4.08. The van der Waals surface area contributed by atoms with Gasteiger partial charge >= 0.3 is 0 Å². The Labute approximate surface area is 114 Å². The molecule has 4 aliphatic rings. The van der Waals surface area contributed by atoms with Gasteiger partial charge in [-0.3, -0.25) is 0 Å². The van der Waals surface area contributed by atoms with Crippen LogP contribution in [0.1, 0.15) is 43.7 Å². The molecular formula is C16H23NS. The molecule has 4 bridgehead atoms. The van der Waals surface area contributed by atoms with Crippen LogP contribution in [0.4, 0.5) is 0 Å². The summed E-state index contributed by atoms with van der Waals surface area (Å²) >= 11 is 1.84. The molecule has 0 aromatic carbocycles. The molecule has 1 nitrogen and oxygen atoms in total. The Morgan fingerprint density at radius 3 is 2.28 bits per heavy atom. The van der Waals surface area contributed by atoms with Gasteiger partial charge in [0.2, 0.25) is 0 Å². The monoisotopic (exact) mass is 261 g/mol. The van der Waals surface area contributed by atoms with E-state index in [1.54, 1.807) is 12.0 Å².